The molecule has 7 heteroatoms. The number of aliphatic hydroxyl groups is 1. The van der Waals surface area contributed by atoms with E-state index >= 15 is 0 Å². The lowest BCUT2D eigenvalue weighted by Crippen LogP contribution is -2.42. The van der Waals surface area contributed by atoms with Crippen LogP contribution in [0.3, 0.4) is 0 Å². The first-order valence-corrected chi connectivity index (χ1v) is 6.68. The Balaban J connectivity index is 0.000000219. The highest BCUT2D eigenvalue weighted by molar-refractivity contribution is 5.86. The van der Waals surface area contributed by atoms with E-state index in [4.69, 9.17) is 5.11 Å². The Morgan fingerprint density at radius 2 is 2.24 bits per heavy atom. The predicted octanol–water partition coefficient (Wildman–Crippen LogP) is -0.835. The Labute approximate surface area is 122 Å². The van der Waals surface area contributed by atoms with Gasteiger partial charge >= 0.3 is 0 Å². The van der Waals surface area contributed by atoms with E-state index in [0.717, 1.165) is 5.56 Å². The Hall–Kier alpha value is -2.15. The summed E-state index contributed by atoms with van der Waals surface area (Å²) in [5.74, 6) is -1.19. The van der Waals surface area contributed by atoms with Crippen LogP contribution in [0.5, 0.6) is 5.75 Å². The first kappa shape index (κ1) is 16.9. The highest BCUT2D eigenvalue weighted by atomic mass is 16.4. The summed E-state index contributed by atoms with van der Waals surface area (Å²) < 4.78 is 0. The number of aliphatic carboxylic acids is 1. The summed E-state index contributed by atoms with van der Waals surface area (Å²) >= 11 is 0. The molecule has 3 N–H and O–H groups in total. The lowest BCUT2D eigenvalue weighted by molar-refractivity contribution is -0.308. The summed E-state index contributed by atoms with van der Waals surface area (Å²) in [5.41, 5.74) is 2.12. The largest absolute Gasteiger partial charge is 0.548 e. The molecule has 21 heavy (non-hydrogen) atoms. The normalized spacial score (nSPS) is 16.9. The quantitative estimate of drug-likeness (QED) is 0.668. The van der Waals surface area contributed by atoms with Crippen LogP contribution in [0.4, 0.5) is 0 Å². The molecule has 0 radical (unpaired) electrons. The minimum absolute atomic E-state index is 0.0655. The zero-order valence-electron chi connectivity index (χ0n) is 12.0. The molecule has 0 aromatic carbocycles. The van der Waals surface area contributed by atoms with Crippen LogP contribution >= 0.6 is 0 Å². The van der Waals surface area contributed by atoms with Crippen LogP contribution in [0, 0.1) is 6.92 Å². The third kappa shape index (κ3) is 4.42. The van der Waals surface area contributed by atoms with Gasteiger partial charge in [0, 0.05) is 23.7 Å². The third-order valence-corrected chi connectivity index (χ3v) is 3.23. The fraction of sp³-hybridized carbons (Fsp3) is 0.500. The van der Waals surface area contributed by atoms with E-state index in [-0.39, 0.29) is 18.3 Å². The van der Waals surface area contributed by atoms with Crippen LogP contribution in [0.1, 0.15) is 36.6 Å². The summed E-state index contributed by atoms with van der Waals surface area (Å²) in [6.45, 7) is 3.62. The van der Waals surface area contributed by atoms with Crippen molar-refractivity contribution in [1.29, 1.82) is 0 Å². The van der Waals surface area contributed by atoms with Crippen LogP contribution < -0.4 is 10.4 Å². The van der Waals surface area contributed by atoms with Crippen LogP contribution in [0.2, 0.25) is 0 Å². The zero-order chi connectivity index (χ0) is 16.0. The van der Waals surface area contributed by atoms with Gasteiger partial charge in [0.2, 0.25) is 5.91 Å². The average molecular weight is 295 g/mol. The van der Waals surface area contributed by atoms with E-state index in [2.05, 4.69) is 10.3 Å². The number of aromatic hydroxyl groups is 1. The summed E-state index contributed by atoms with van der Waals surface area (Å²) in [5, 5.41) is 30.7. The van der Waals surface area contributed by atoms with Crippen LogP contribution in [0.25, 0.3) is 0 Å². The summed E-state index contributed by atoms with van der Waals surface area (Å²) in [7, 11) is 0. The molecule has 1 aliphatic rings. The molecule has 1 saturated heterocycles. The van der Waals surface area contributed by atoms with Gasteiger partial charge in [-0.2, -0.15) is 0 Å². The maximum absolute atomic E-state index is 10.4. The van der Waals surface area contributed by atoms with E-state index in [1.165, 1.54) is 0 Å². The number of nitrogens with one attached hydrogen (secondary N) is 1. The SMILES string of the molecule is CCc1c(CO)cnc(C)c1O.O=C1CC[C@@H](C(=O)[O-])N1. The van der Waals surface area contributed by atoms with Crippen LogP contribution in [0.15, 0.2) is 6.20 Å². The molecule has 1 atom stereocenters. The minimum Gasteiger partial charge on any atom is -0.548 e. The number of aliphatic hydroxyl groups excluding tert-OH is 1. The zero-order valence-corrected chi connectivity index (χ0v) is 12.0. The van der Waals surface area contributed by atoms with Crippen molar-refractivity contribution in [3.8, 4) is 5.75 Å². The van der Waals surface area contributed by atoms with Crippen LogP contribution in [-0.4, -0.2) is 33.1 Å². The van der Waals surface area contributed by atoms with Gasteiger partial charge in [-0.1, -0.05) is 6.92 Å². The fourth-order valence-electron chi connectivity index (χ4n) is 2.01. The molecule has 1 aliphatic heterocycles. The van der Waals surface area contributed by atoms with Gasteiger partial charge in [-0.3, -0.25) is 9.78 Å². The summed E-state index contributed by atoms with van der Waals surface area (Å²) in [4.78, 5) is 24.3. The van der Waals surface area contributed by atoms with Crippen molar-refractivity contribution in [3.05, 3.63) is 23.0 Å². The van der Waals surface area contributed by atoms with Gasteiger partial charge in [0.1, 0.15) is 5.75 Å². The Bertz CT molecular complexity index is 530. The van der Waals surface area contributed by atoms with Crippen molar-refractivity contribution in [2.45, 2.75) is 45.8 Å². The molecule has 0 spiro atoms. The van der Waals surface area contributed by atoms with Crippen molar-refractivity contribution in [2.75, 3.05) is 0 Å². The number of carboxylic acid groups (broad SMARTS) is 1. The number of hydrogen-bond acceptors (Lipinski definition) is 6. The topological polar surface area (TPSA) is 123 Å². The van der Waals surface area contributed by atoms with Crippen LogP contribution in [-0.2, 0) is 22.6 Å². The highest BCUT2D eigenvalue weighted by Gasteiger charge is 2.20. The Morgan fingerprint density at radius 1 is 1.57 bits per heavy atom. The second-order valence-electron chi connectivity index (χ2n) is 4.69. The van der Waals surface area contributed by atoms with Gasteiger partial charge in [-0.15, -0.1) is 0 Å². The van der Waals surface area contributed by atoms with Crippen molar-refractivity contribution in [2.24, 2.45) is 0 Å². The molecule has 0 unspecified atom stereocenters. The average Bonchev–Trinajstić information content (AvgIpc) is 2.89. The summed E-state index contributed by atoms with van der Waals surface area (Å²) in [6, 6.07) is -0.752. The molecule has 0 saturated carbocycles. The first-order chi connectivity index (χ1) is 9.90. The number of amides is 1. The van der Waals surface area contributed by atoms with Crippen molar-refractivity contribution >= 4 is 11.9 Å². The molecule has 0 aliphatic carbocycles. The minimum atomic E-state index is -1.19. The molecule has 1 amide bonds. The van der Waals surface area contributed by atoms with Crippen molar-refractivity contribution in [3.63, 3.8) is 0 Å². The number of carboxylic acids is 1. The second kappa shape index (κ2) is 7.58. The van der Waals surface area contributed by atoms with Gasteiger partial charge in [-0.05, 0) is 19.8 Å². The number of rotatable bonds is 3. The number of hydrogen-bond donors (Lipinski definition) is 3. The third-order valence-electron chi connectivity index (χ3n) is 3.23. The molecule has 1 aromatic heterocycles. The first-order valence-electron chi connectivity index (χ1n) is 6.68. The van der Waals surface area contributed by atoms with E-state index in [0.29, 0.717) is 30.5 Å². The molecule has 0 bridgehead atoms. The van der Waals surface area contributed by atoms with E-state index in [1.54, 1.807) is 13.1 Å². The number of nitrogens with zero attached hydrogens (tertiary/aromatic N) is 1. The highest BCUT2D eigenvalue weighted by Crippen LogP contribution is 2.23. The Kier molecular flexibility index (Phi) is 6.10. The standard InChI is InChI=1S/C9H13NO2.C5H7NO3/c1-3-8-7(5-11)4-10-6(2)9(8)12;7-4-2-1-3(6-4)5(8)9/h4,11-12H,3,5H2,1-2H3;3H,1-2H2,(H,6,7)(H,8,9)/p-1/t;3-/m.0/s1. The fourth-order valence-corrected chi connectivity index (χ4v) is 2.01. The van der Waals surface area contributed by atoms with Gasteiger partial charge in [0.05, 0.1) is 24.3 Å². The number of aryl methyl sites for hydroxylation is 1. The van der Waals surface area contributed by atoms with Gasteiger partial charge in [0.15, 0.2) is 0 Å². The lowest BCUT2D eigenvalue weighted by atomic mass is 10.1. The molecule has 1 aromatic rings. The molecular formula is C14H19N2O5-. The number of aromatic nitrogens is 1. The van der Waals surface area contributed by atoms with Crippen molar-refractivity contribution < 1.29 is 24.9 Å². The monoisotopic (exact) mass is 295 g/mol. The van der Waals surface area contributed by atoms with Crippen molar-refractivity contribution in [1.82, 2.24) is 10.3 Å². The number of carbonyl (C=O) groups excluding carboxylic acids is 2. The van der Waals surface area contributed by atoms with E-state index in [1.807, 2.05) is 6.92 Å². The lowest BCUT2D eigenvalue weighted by Gasteiger charge is -2.08. The molecule has 2 rings (SSSR count). The van der Waals surface area contributed by atoms with E-state index < -0.39 is 12.0 Å². The molecule has 2 heterocycles. The number of carbonyl (C=O) groups is 2. The van der Waals surface area contributed by atoms with Gasteiger partial charge in [-0.25, -0.2) is 0 Å². The van der Waals surface area contributed by atoms with E-state index in [9.17, 15) is 19.8 Å². The second-order valence-corrected chi connectivity index (χ2v) is 4.69. The predicted molar refractivity (Wildman–Crippen MR) is 72.1 cm³/mol. The molecule has 7 nitrogen and oxygen atoms in total. The molecule has 116 valence electrons. The number of pyridine rings is 1. The molecule has 1 fully saturated rings. The Morgan fingerprint density at radius 3 is 2.62 bits per heavy atom. The summed E-state index contributed by atoms with van der Waals surface area (Å²) in [6.07, 6.45) is 2.98. The smallest absolute Gasteiger partial charge is 0.220 e. The van der Waals surface area contributed by atoms with Gasteiger partial charge < -0.3 is 25.4 Å². The maximum Gasteiger partial charge on any atom is 0.220 e. The van der Waals surface area contributed by atoms with Gasteiger partial charge in [0.25, 0.3) is 0 Å². The maximum atomic E-state index is 10.4. The molecular weight excluding hydrogens is 276 g/mol.